The lowest BCUT2D eigenvalue weighted by molar-refractivity contribution is 0.516. The van der Waals surface area contributed by atoms with Gasteiger partial charge in [0.05, 0.1) is 12.8 Å². The second-order valence-electron chi connectivity index (χ2n) is 2.75. The van der Waals surface area contributed by atoms with Gasteiger partial charge in [0.2, 0.25) is 5.95 Å². The molecule has 74 valence electrons. The first kappa shape index (κ1) is 8.74. The van der Waals surface area contributed by atoms with E-state index in [-0.39, 0.29) is 0 Å². The zero-order chi connectivity index (χ0) is 9.80. The molecule has 0 aromatic carbocycles. The summed E-state index contributed by atoms with van der Waals surface area (Å²) in [6, 6.07) is 3.74. The standard InChI is InChI=1S/C8H11N5O/c1-2-13-8(10-11-12-13)9-6-7-4-3-5-14-7/h3-5H,2,6H2,1H3,(H,9,10,12). The zero-order valence-corrected chi connectivity index (χ0v) is 7.84. The molecule has 2 rings (SSSR count). The van der Waals surface area contributed by atoms with Crippen molar-refractivity contribution in [3.63, 3.8) is 0 Å². The van der Waals surface area contributed by atoms with Crippen molar-refractivity contribution in [2.45, 2.75) is 20.0 Å². The van der Waals surface area contributed by atoms with Gasteiger partial charge in [0.1, 0.15) is 5.76 Å². The Morgan fingerprint density at radius 1 is 1.57 bits per heavy atom. The molecular weight excluding hydrogens is 182 g/mol. The fourth-order valence-electron chi connectivity index (χ4n) is 1.12. The van der Waals surface area contributed by atoms with Crippen LogP contribution in [0.15, 0.2) is 22.8 Å². The predicted octanol–water partition coefficient (Wildman–Crippen LogP) is 0.898. The number of hydrogen-bond acceptors (Lipinski definition) is 5. The maximum absolute atomic E-state index is 5.16. The number of anilines is 1. The van der Waals surface area contributed by atoms with Crippen LogP contribution in [0.5, 0.6) is 0 Å². The van der Waals surface area contributed by atoms with E-state index in [1.54, 1.807) is 10.9 Å². The van der Waals surface area contributed by atoms with Crippen molar-refractivity contribution in [1.29, 1.82) is 0 Å². The molecule has 14 heavy (non-hydrogen) atoms. The van der Waals surface area contributed by atoms with Gasteiger partial charge in [0, 0.05) is 6.54 Å². The minimum atomic E-state index is 0.591. The molecule has 1 N–H and O–H groups in total. The summed E-state index contributed by atoms with van der Waals surface area (Å²) in [6.07, 6.45) is 1.64. The molecule has 2 aromatic rings. The Hall–Kier alpha value is -1.85. The number of nitrogens with one attached hydrogen (secondary N) is 1. The fraction of sp³-hybridized carbons (Fsp3) is 0.375. The molecule has 0 atom stereocenters. The van der Waals surface area contributed by atoms with Crippen LogP contribution >= 0.6 is 0 Å². The van der Waals surface area contributed by atoms with E-state index in [0.29, 0.717) is 12.5 Å². The van der Waals surface area contributed by atoms with Gasteiger partial charge < -0.3 is 9.73 Å². The minimum absolute atomic E-state index is 0.591. The van der Waals surface area contributed by atoms with Crippen LogP contribution in [0, 0.1) is 0 Å². The number of hydrogen-bond donors (Lipinski definition) is 1. The quantitative estimate of drug-likeness (QED) is 0.781. The third-order valence-corrected chi connectivity index (χ3v) is 1.83. The number of nitrogens with zero attached hydrogens (tertiary/aromatic N) is 4. The summed E-state index contributed by atoms with van der Waals surface area (Å²) in [5, 5.41) is 14.3. The first-order valence-corrected chi connectivity index (χ1v) is 4.42. The summed E-state index contributed by atoms with van der Waals surface area (Å²) in [5.74, 6) is 1.51. The Kier molecular flexibility index (Phi) is 2.44. The second-order valence-corrected chi connectivity index (χ2v) is 2.75. The lowest BCUT2D eigenvalue weighted by atomic mass is 10.4. The van der Waals surface area contributed by atoms with Crippen LogP contribution in [0.4, 0.5) is 5.95 Å². The largest absolute Gasteiger partial charge is 0.467 e. The molecule has 0 spiro atoms. The van der Waals surface area contributed by atoms with E-state index < -0.39 is 0 Å². The summed E-state index contributed by atoms with van der Waals surface area (Å²) in [7, 11) is 0. The van der Waals surface area contributed by atoms with Gasteiger partial charge in [0.25, 0.3) is 0 Å². The summed E-state index contributed by atoms with van der Waals surface area (Å²) >= 11 is 0. The highest BCUT2D eigenvalue weighted by atomic mass is 16.3. The third-order valence-electron chi connectivity index (χ3n) is 1.83. The summed E-state index contributed by atoms with van der Waals surface area (Å²) in [4.78, 5) is 0. The van der Waals surface area contributed by atoms with E-state index in [1.165, 1.54) is 0 Å². The van der Waals surface area contributed by atoms with Crippen LogP contribution in [0.25, 0.3) is 0 Å². The van der Waals surface area contributed by atoms with Gasteiger partial charge in [-0.1, -0.05) is 5.10 Å². The lowest BCUT2D eigenvalue weighted by Crippen LogP contribution is -2.07. The van der Waals surface area contributed by atoms with E-state index in [1.807, 2.05) is 19.1 Å². The molecule has 2 aromatic heterocycles. The van der Waals surface area contributed by atoms with Crippen molar-refractivity contribution in [2.75, 3.05) is 5.32 Å². The number of aromatic nitrogens is 4. The monoisotopic (exact) mass is 193 g/mol. The van der Waals surface area contributed by atoms with E-state index in [4.69, 9.17) is 4.42 Å². The maximum Gasteiger partial charge on any atom is 0.243 e. The van der Waals surface area contributed by atoms with E-state index in [9.17, 15) is 0 Å². The molecule has 0 radical (unpaired) electrons. The molecule has 6 nitrogen and oxygen atoms in total. The van der Waals surface area contributed by atoms with Crippen LogP contribution in [0.3, 0.4) is 0 Å². The molecule has 0 saturated carbocycles. The number of tetrazole rings is 1. The summed E-state index contributed by atoms with van der Waals surface area (Å²) < 4.78 is 6.85. The van der Waals surface area contributed by atoms with E-state index in [0.717, 1.165) is 12.3 Å². The molecule has 2 heterocycles. The summed E-state index contributed by atoms with van der Waals surface area (Å²) in [5.41, 5.74) is 0. The molecule has 0 saturated heterocycles. The molecule has 0 fully saturated rings. The Bertz CT molecular complexity index is 380. The van der Waals surface area contributed by atoms with Crippen molar-refractivity contribution in [2.24, 2.45) is 0 Å². The predicted molar refractivity (Wildman–Crippen MR) is 49.5 cm³/mol. The first-order valence-electron chi connectivity index (χ1n) is 4.42. The lowest BCUT2D eigenvalue weighted by Gasteiger charge is -2.02. The van der Waals surface area contributed by atoms with Gasteiger partial charge in [-0.25, -0.2) is 4.68 Å². The molecular formula is C8H11N5O. The van der Waals surface area contributed by atoms with E-state index in [2.05, 4.69) is 20.8 Å². The van der Waals surface area contributed by atoms with Crippen LogP contribution in [0.1, 0.15) is 12.7 Å². The van der Waals surface area contributed by atoms with Crippen LogP contribution in [0.2, 0.25) is 0 Å². The molecule has 0 bridgehead atoms. The highest BCUT2D eigenvalue weighted by Gasteiger charge is 2.03. The van der Waals surface area contributed by atoms with Crippen LogP contribution in [-0.4, -0.2) is 20.2 Å². The average molecular weight is 193 g/mol. The van der Waals surface area contributed by atoms with Crippen LogP contribution in [-0.2, 0) is 13.1 Å². The molecule has 0 amide bonds. The minimum Gasteiger partial charge on any atom is -0.467 e. The van der Waals surface area contributed by atoms with Crippen LogP contribution < -0.4 is 5.32 Å². The van der Waals surface area contributed by atoms with Crippen molar-refractivity contribution in [3.8, 4) is 0 Å². The number of aryl methyl sites for hydroxylation is 1. The molecule has 0 aliphatic heterocycles. The summed E-state index contributed by atoms with van der Waals surface area (Å²) in [6.45, 7) is 3.31. The Morgan fingerprint density at radius 2 is 2.50 bits per heavy atom. The molecule has 0 unspecified atom stereocenters. The Labute approximate surface area is 80.9 Å². The van der Waals surface area contributed by atoms with Gasteiger partial charge in [-0.15, -0.1) is 0 Å². The third kappa shape index (κ3) is 1.73. The van der Waals surface area contributed by atoms with Gasteiger partial charge >= 0.3 is 0 Å². The molecule has 0 aliphatic rings. The van der Waals surface area contributed by atoms with Crippen molar-refractivity contribution in [1.82, 2.24) is 20.2 Å². The Balaban J connectivity index is 1.98. The van der Waals surface area contributed by atoms with Crippen molar-refractivity contribution in [3.05, 3.63) is 24.2 Å². The van der Waals surface area contributed by atoms with E-state index >= 15 is 0 Å². The normalized spacial score (nSPS) is 10.4. The highest BCUT2D eigenvalue weighted by molar-refractivity contribution is 5.22. The topological polar surface area (TPSA) is 68.8 Å². The second kappa shape index (κ2) is 3.91. The number of rotatable bonds is 4. The smallest absolute Gasteiger partial charge is 0.243 e. The molecule has 6 heteroatoms. The number of furan rings is 1. The highest BCUT2D eigenvalue weighted by Crippen LogP contribution is 2.04. The van der Waals surface area contributed by atoms with Gasteiger partial charge in [-0.2, -0.15) is 0 Å². The Morgan fingerprint density at radius 3 is 3.21 bits per heavy atom. The van der Waals surface area contributed by atoms with Gasteiger partial charge in [-0.05, 0) is 29.5 Å². The maximum atomic E-state index is 5.16. The first-order chi connectivity index (χ1) is 6.90. The van der Waals surface area contributed by atoms with Crippen molar-refractivity contribution < 1.29 is 4.42 Å². The SMILES string of the molecule is CCn1nnnc1NCc1ccco1. The zero-order valence-electron chi connectivity index (χ0n) is 7.84. The van der Waals surface area contributed by atoms with Gasteiger partial charge in [-0.3, -0.25) is 0 Å². The van der Waals surface area contributed by atoms with Crippen molar-refractivity contribution >= 4 is 5.95 Å². The fourth-order valence-corrected chi connectivity index (χ4v) is 1.12. The molecule has 0 aliphatic carbocycles. The average Bonchev–Trinajstić information content (AvgIpc) is 2.85. The van der Waals surface area contributed by atoms with Gasteiger partial charge in [0.15, 0.2) is 0 Å².